The van der Waals surface area contributed by atoms with Crippen LogP contribution < -0.4 is 5.32 Å². The molecule has 4 heteroatoms. The average Bonchev–Trinajstić information content (AvgIpc) is 2.32. The summed E-state index contributed by atoms with van der Waals surface area (Å²) in [5.41, 5.74) is 0.731. The molecule has 0 aliphatic heterocycles. The average molecular weight is 392 g/mol. The zero-order valence-electron chi connectivity index (χ0n) is 10.9. The molecule has 0 unspecified atom stereocenters. The van der Waals surface area contributed by atoms with Crippen molar-refractivity contribution in [3.8, 4) is 0 Å². The molecular formula is C15H19ClINO. The number of amides is 1. The van der Waals surface area contributed by atoms with Crippen LogP contribution in [0.25, 0.3) is 0 Å². The van der Waals surface area contributed by atoms with Crippen molar-refractivity contribution >= 4 is 45.8 Å². The second-order valence-electron chi connectivity index (χ2n) is 5.16. The van der Waals surface area contributed by atoms with Crippen LogP contribution >= 0.6 is 34.2 Å². The molecule has 0 aromatic heterocycles. The zero-order valence-corrected chi connectivity index (χ0v) is 13.8. The van der Waals surface area contributed by atoms with Gasteiger partial charge in [-0.15, -0.1) is 0 Å². The molecule has 0 spiro atoms. The minimum absolute atomic E-state index is 0.130. The maximum absolute atomic E-state index is 12.3. The van der Waals surface area contributed by atoms with E-state index in [1.165, 1.54) is 32.1 Å². The Morgan fingerprint density at radius 2 is 1.79 bits per heavy atom. The van der Waals surface area contributed by atoms with Crippen LogP contribution in [0.3, 0.4) is 0 Å². The van der Waals surface area contributed by atoms with Gasteiger partial charge in [0.05, 0.1) is 10.7 Å². The van der Waals surface area contributed by atoms with E-state index >= 15 is 0 Å². The Labute approximate surface area is 133 Å². The van der Waals surface area contributed by atoms with Crippen LogP contribution in [0.2, 0.25) is 5.02 Å². The van der Waals surface area contributed by atoms with E-state index < -0.39 is 0 Å². The number of rotatable bonds is 2. The minimum Gasteiger partial charge on any atom is -0.325 e. The number of halogens is 2. The molecule has 1 fully saturated rings. The third-order valence-corrected chi connectivity index (χ3v) is 4.65. The van der Waals surface area contributed by atoms with Crippen LogP contribution in [0, 0.1) is 9.49 Å². The van der Waals surface area contributed by atoms with Crippen LogP contribution in [0.4, 0.5) is 5.69 Å². The number of carbonyl (C=O) groups excluding carboxylic acids is 1. The molecule has 0 radical (unpaired) electrons. The Balaban J connectivity index is 1.98. The third kappa shape index (κ3) is 4.63. The van der Waals surface area contributed by atoms with Gasteiger partial charge in [0.15, 0.2) is 0 Å². The van der Waals surface area contributed by atoms with Gasteiger partial charge in [-0.3, -0.25) is 4.79 Å². The molecule has 1 N–H and O–H groups in total. The predicted molar refractivity (Wildman–Crippen MR) is 88.6 cm³/mol. The molecule has 0 heterocycles. The van der Waals surface area contributed by atoms with Crippen molar-refractivity contribution in [2.45, 2.75) is 44.9 Å². The number of benzene rings is 1. The fraction of sp³-hybridized carbons (Fsp3) is 0.533. The van der Waals surface area contributed by atoms with E-state index in [4.69, 9.17) is 11.6 Å². The van der Waals surface area contributed by atoms with Gasteiger partial charge in [-0.05, 0) is 53.6 Å². The highest BCUT2D eigenvalue weighted by Crippen LogP contribution is 2.27. The fourth-order valence-corrected chi connectivity index (χ4v) is 3.45. The summed E-state index contributed by atoms with van der Waals surface area (Å²) in [5, 5.41) is 3.60. The summed E-state index contributed by atoms with van der Waals surface area (Å²) in [5.74, 6) is 0.278. The third-order valence-electron chi connectivity index (χ3n) is 3.66. The second kappa shape index (κ2) is 7.48. The van der Waals surface area contributed by atoms with Gasteiger partial charge >= 0.3 is 0 Å². The SMILES string of the molecule is O=C(Nc1ccc(I)cc1Cl)C1CCCCCCC1. The first-order chi connectivity index (χ1) is 9.16. The molecule has 2 nitrogen and oxygen atoms in total. The van der Waals surface area contributed by atoms with Crippen molar-refractivity contribution in [2.24, 2.45) is 5.92 Å². The van der Waals surface area contributed by atoms with Crippen molar-refractivity contribution in [2.75, 3.05) is 5.32 Å². The summed E-state index contributed by atoms with van der Waals surface area (Å²) in [4.78, 5) is 12.3. The van der Waals surface area contributed by atoms with Crippen molar-refractivity contribution < 1.29 is 4.79 Å². The van der Waals surface area contributed by atoms with E-state index in [1.807, 2.05) is 18.2 Å². The van der Waals surface area contributed by atoms with Gasteiger partial charge in [0.2, 0.25) is 5.91 Å². The lowest BCUT2D eigenvalue weighted by molar-refractivity contribution is -0.120. The minimum atomic E-state index is 0.130. The molecule has 104 valence electrons. The highest BCUT2D eigenvalue weighted by atomic mass is 127. The summed E-state index contributed by atoms with van der Waals surface area (Å²) in [6, 6.07) is 5.71. The van der Waals surface area contributed by atoms with E-state index in [2.05, 4.69) is 27.9 Å². The molecule has 2 rings (SSSR count). The van der Waals surface area contributed by atoms with Crippen molar-refractivity contribution in [1.82, 2.24) is 0 Å². The summed E-state index contributed by atoms with van der Waals surface area (Å²) < 4.78 is 1.08. The Bertz CT molecular complexity index is 442. The highest BCUT2D eigenvalue weighted by Gasteiger charge is 2.20. The Kier molecular flexibility index (Phi) is 5.95. The standard InChI is InChI=1S/C15H19ClINO/c16-13-10-12(17)8-9-14(13)18-15(19)11-6-4-2-1-3-5-7-11/h8-11H,1-7H2,(H,18,19). The molecule has 1 aliphatic carbocycles. The topological polar surface area (TPSA) is 29.1 Å². The quantitative estimate of drug-likeness (QED) is 0.686. The van der Waals surface area contributed by atoms with Crippen LogP contribution in [-0.4, -0.2) is 5.91 Å². The van der Waals surface area contributed by atoms with Crippen molar-refractivity contribution in [3.05, 3.63) is 26.8 Å². The van der Waals surface area contributed by atoms with E-state index in [9.17, 15) is 4.79 Å². The molecule has 0 saturated heterocycles. The first-order valence-corrected chi connectivity index (χ1v) is 8.38. The Morgan fingerprint density at radius 1 is 1.16 bits per heavy atom. The van der Waals surface area contributed by atoms with Crippen LogP contribution in [0.1, 0.15) is 44.9 Å². The molecule has 0 bridgehead atoms. The number of carbonyl (C=O) groups is 1. The molecule has 0 atom stereocenters. The van der Waals surface area contributed by atoms with Crippen LogP contribution in [0.15, 0.2) is 18.2 Å². The maximum Gasteiger partial charge on any atom is 0.227 e. The lowest BCUT2D eigenvalue weighted by Crippen LogP contribution is -2.23. The van der Waals surface area contributed by atoms with E-state index in [1.54, 1.807) is 0 Å². The van der Waals surface area contributed by atoms with Gasteiger partial charge < -0.3 is 5.32 Å². The lowest BCUT2D eigenvalue weighted by Gasteiger charge is -2.19. The van der Waals surface area contributed by atoms with E-state index in [-0.39, 0.29) is 11.8 Å². The van der Waals surface area contributed by atoms with Gasteiger partial charge in [0, 0.05) is 9.49 Å². The van der Waals surface area contributed by atoms with Crippen molar-refractivity contribution in [3.63, 3.8) is 0 Å². The number of anilines is 1. The number of hydrogen-bond acceptors (Lipinski definition) is 1. The largest absolute Gasteiger partial charge is 0.325 e. The molecule has 1 amide bonds. The maximum atomic E-state index is 12.3. The smallest absolute Gasteiger partial charge is 0.227 e. The molecule has 1 aromatic carbocycles. The van der Waals surface area contributed by atoms with Gasteiger partial charge in [-0.2, -0.15) is 0 Å². The summed E-state index contributed by atoms with van der Waals surface area (Å²) in [6.45, 7) is 0. The Morgan fingerprint density at radius 3 is 2.42 bits per heavy atom. The monoisotopic (exact) mass is 391 g/mol. The predicted octanol–water partition coefficient (Wildman–Crippen LogP) is 5.24. The van der Waals surface area contributed by atoms with Gasteiger partial charge in [0.1, 0.15) is 0 Å². The lowest BCUT2D eigenvalue weighted by atomic mass is 9.90. The van der Waals surface area contributed by atoms with Gasteiger partial charge in [-0.1, -0.05) is 43.7 Å². The summed E-state index contributed by atoms with van der Waals surface area (Å²) in [7, 11) is 0. The van der Waals surface area contributed by atoms with E-state index in [0.29, 0.717) is 5.02 Å². The van der Waals surface area contributed by atoms with Crippen LogP contribution in [-0.2, 0) is 4.79 Å². The summed E-state index contributed by atoms with van der Waals surface area (Å²) in [6.07, 6.45) is 8.18. The summed E-state index contributed by atoms with van der Waals surface area (Å²) >= 11 is 8.36. The van der Waals surface area contributed by atoms with Gasteiger partial charge in [0.25, 0.3) is 0 Å². The zero-order chi connectivity index (χ0) is 13.7. The van der Waals surface area contributed by atoms with Crippen LogP contribution in [0.5, 0.6) is 0 Å². The Hall–Kier alpha value is -0.290. The fourth-order valence-electron chi connectivity index (χ4n) is 2.54. The number of hydrogen-bond donors (Lipinski definition) is 1. The molecule has 1 saturated carbocycles. The molecule has 1 aromatic rings. The normalized spacial score (nSPS) is 17.6. The first-order valence-electron chi connectivity index (χ1n) is 6.93. The highest BCUT2D eigenvalue weighted by molar-refractivity contribution is 14.1. The molecular weight excluding hydrogens is 373 g/mol. The van der Waals surface area contributed by atoms with Gasteiger partial charge in [-0.25, -0.2) is 0 Å². The second-order valence-corrected chi connectivity index (χ2v) is 6.81. The van der Waals surface area contributed by atoms with E-state index in [0.717, 1.165) is 22.1 Å². The van der Waals surface area contributed by atoms with Crippen molar-refractivity contribution in [1.29, 1.82) is 0 Å². The molecule has 19 heavy (non-hydrogen) atoms. The number of nitrogens with one attached hydrogen (secondary N) is 1. The molecule has 1 aliphatic rings. The first kappa shape index (κ1) is 15.1.